The maximum absolute atomic E-state index is 12.0. The molecule has 0 bridgehead atoms. The van der Waals surface area contributed by atoms with E-state index in [1.807, 2.05) is 37.4 Å². The lowest BCUT2D eigenvalue weighted by Gasteiger charge is -2.31. The van der Waals surface area contributed by atoms with Crippen LogP contribution in [-0.2, 0) is 4.79 Å². The highest BCUT2D eigenvalue weighted by molar-refractivity contribution is 5.77. The third-order valence-corrected chi connectivity index (χ3v) is 3.32. The van der Waals surface area contributed by atoms with Gasteiger partial charge in [-0.2, -0.15) is 0 Å². The highest BCUT2D eigenvalue weighted by Gasteiger charge is 2.21. The lowest BCUT2D eigenvalue weighted by molar-refractivity contribution is -0.134. The van der Waals surface area contributed by atoms with Crippen LogP contribution in [0, 0.1) is 0 Å². The van der Waals surface area contributed by atoms with Gasteiger partial charge in [-0.1, -0.05) is 18.2 Å². The molecule has 4 nitrogen and oxygen atoms in total. The Bertz CT molecular complexity index is 375. The number of nitrogens with zero attached hydrogens (tertiary/aromatic N) is 1. The summed E-state index contributed by atoms with van der Waals surface area (Å²) in [5.74, 6) is 0.772. The second-order valence-electron chi connectivity index (χ2n) is 4.61. The summed E-state index contributed by atoms with van der Waals surface area (Å²) in [5, 5.41) is 3.31. The number of nitrogens with one attached hydrogen (secondary N) is 1. The first-order valence-electron chi connectivity index (χ1n) is 6.41. The van der Waals surface area contributed by atoms with Gasteiger partial charge < -0.3 is 15.0 Å². The van der Waals surface area contributed by atoms with E-state index in [-0.39, 0.29) is 12.5 Å². The third-order valence-electron chi connectivity index (χ3n) is 3.32. The molecule has 1 atom stereocenters. The van der Waals surface area contributed by atoms with E-state index in [9.17, 15) is 4.79 Å². The van der Waals surface area contributed by atoms with Crippen molar-refractivity contribution in [3.05, 3.63) is 30.3 Å². The number of benzene rings is 1. The average molecular weight is 248 g/mol. The summed E-state index contributed by atoms with van der Waals surface area (Å²) in [7, 11) is 1.86. The summed E-state index contributed by atoms with van der Waals surface area (Å²) >= 11 is 0. The number of hydrogen-bond acceptors (Lipinski definition) is 3. The van der Waals surface area contributed by atoms with E-state index < -0.39 is 0 Å². The molecule has 98 valence electrons. The van der Waals surface area contributed by atoms with Gasteiger partial charge in [0.2, 0.25) is 0 Å². The van der Waals surface area contributed by atoms with Crippen molar-refractivity contribution in [1.29, 1.82) is 0 Å². The van der Waals surface area contributed by atoms with Gasteiger partial charge in [-0.15, -0.1) is 0 Å². The van der Waals surface area contributed by atoms with Crippen molar-refractivity contribution in [3.8, 4) is 5.75 Å². The second kappa shape index (κ2) is 6.40. The predicted molar refractivity (Wildman–Crippen MR) is 70.6 cm³/mol. The Morgan fingerprint density at radius 1 is 1.44 bits per heavy atom. The Hall–Kier alpha value is -1.55. The van der Waals surface area contributed by atoms with Crippen LogP contribution in [0.5, 0.6) is 5.75 Å². The van der Waals surface area contributed by atoms with Gasteiger partial charge in [-0.3, -0.25) is 4.79 Å². The number of carbonyl (C=O) groups excluding carboxylic acids is 1. The molecular formula is C14H20N2O2. The Kier molecular flexibility index (Phi) is 4.59. The fourth-order valence-corrected chi connectivity index (χ4v) is 2.13. The van der Waals surface area contributed by atoms with Crippen molar-refractivity contribution in [2.45, 2.75) is 18.9 Å². The molecule has 1 unspecified atom stereocenters. The Labute approximate surface area is 108 Å². The average Bonchev–Trinajstić information content (AvgIpc) is 2.46. The van der Waals surface area contributed by atoms with Crippen LogP contribution in [0.15, 0.2) is 30.3 Å². The van der Waals surface area contributed by atoms with Crippen LogP contribution >= 0.6 is 0 Å². The largest absolute Gasteiger partial charge is 0.484 e. The van der Waals surface area contributed by atoms with E-state index in [4.69, 9.17) is 4.74 Å². The molecule has 0 aromatic heterocycles. The molecular weight excluding hydrogens is 228 g/mol. The van der Waals surface area contributed by atoms with Crippen LogP contribution in [0.2, 0.25) is 0 Å². The molecule has 1 fully saturated rings. The fourth-order valence-electron chi connectivity index (χ4n) is 2.13. The maximum Gasteiger partial charge on any atom is 0.260 e. The predicted octanol–water partition coefficient (Wildman–Crippen LogP) is 1.28. The molecule has 0 radical (unpaired) electrons. The summed E-state index contributed by atoms with van der Waals surface area (Å²) in [6.45, 7) is 2.05. The standard InChI is InChI=1S/C14H20N2O2/c1-16(12-6-5-9-15-10-12)14(17)11-18-13-7-3-2-4-8-13/h2-4,7-8,12,15H,5-6,9-11H2,1H3. The SMILES string of the molecule is CN(C(=O)COc1ccccc1)C1CCCNC1. The summed E-state index contributed by atoms with van der Waals surface area (Å²) < 4.78 is 5.47. The first kappa shape index (κ1) is 12.9. The quantitative estimate of drug-likeness (QED) is 0.872. The van der Waals surface area contributed by atoms with Crippen LogP contribution in [0.3, 0.4) is 0 Å². The molecule has 4 heteroatoms. The van der Waals surface area contributed by atoms with Gasteiger partial charge >= 0.3 is 0 Å². The van der Waals surface area contributed by atoms with Gasteiger partial charge in [-0.05, 0) is 31.5 Å². The molecule has 18 heavy (non-hydrogen) atoms. The third kappa shape index (κ3) is 3.47. The molecule has 1 saturated heterocycles. The smallest absolute Gasteiger partial charge is 0.260 e. The molecule has 0 aliphatic carbocycles. The lowest BCUT2D eigenvalue weighted by Crippen LogP contribution is -2.48. The molecule has 1 N–H and O–H groups in total. The van der Waals surface area contributed by atoms with Gasteiger partial charge in [0.15, 0.2) is 6.61 Å². The van der Waals surface area contributed by atoms with Crippen molar-refractivity contribution in [2.24, 2.45) is 0 Å². The minimum atomic E-state index is 0.0348. The number of carbonyl (C=O) groups is 1. The second-order valence-corrected chi connectivity index (χ2v) is 4.61. The molecule has 1 heterocycles. The van der Waals surface area contributed by atoms with Crippen molar-refractivity contribution >= 4 is 5.91 Å². The summed E-state index contributed by atoms with van der Waals surface area (Å²) in [5.41, 5.74) is 0. The number of piperidine rings is 1. The normalized spacial score (nSPS) is 19.3. The van der Waals surface area contributed by atoms with Crippen molar-refractivity contribution in [2.75, 3.05) is 26.7 Å². The van der Waals surface area contributed by atoms with Gasteiger partial charge in [0, 0.05) is 19.6 Å². The molecule has 1 aliphatic heterocycles. The van der Waals surface area contributed by atoms with Gasteiger partial charge in [0.05, 0.1) is 0 Å². The van der Waals surface area contributed by atoms with Crippen molar-refractivity contribution in [1.82, 2.24) is 10.2 Å². The van der Waals surface area contributed by atoms with E-state index in [1.165, 1.54) is 0 Å². The molecule has 1 aromatic carbocycles. The van der Waals surface area contributed by atoms with E-state index >= 15 is 0 Å². The lowest BCUT2D eigenvalue weighted by atomic mass is 10.1. The first-order chi connectivity index (χ1) is 8.77. The summed E-state index contributed by atoms with van der Waals surface area (Å²) in [6.07, 6.45) is 2.20. The molecule has 1 aromatic rings. The van der Waals surface area contributed by atoms with Crippen molar-refractivity contribution in [3.63, 3.8) is 0 Å². The number of amides is 1. The minimum absolute atomic E-state index is 0.0348. The van der Waals surface area contributed by atoms with Crippen LogP contribution in [0.1, 0.15) is 12.8 Å². The highest BCUT2D eigenvalue weighted by Crippen LogP contribution is 2.11. The van der Waals surface area contributed by atoms with E-state index in [2.05, 4.69) is 5.32 Å². The Balaban J connectivity index is 1.80. The maximum atomic E-state index is 12.0. The van der Waals surface area contributed by atoms with E-state index in [0.717, 1.165) is 31.7 Å². The molecule has 0 saturated carbocycles. The number of rotatable bonds is 4. The molecule has 1 aliphatic rings. The number of likely N-dealkylation sites (N-methyl/N-ethyl adjacent to an activating group) is 1. The van der Waals surface area contributed by atoms with Gasteiger partial charge in [0.1, 0.15) is 5.75 Å². The van der Waals surface area contributed by atoms with Crippen LogP contribution in [-0.4, -0.2) is 43.6 Å². The summed E-state index contributed by atoms with van der Waals surface area (Å²) in [6, 6.07) is 9.73. The zero-order chi connectivity index (χ0) is 12.8. The summed E-state index contributed by atoms with van der Waals surface area (Å²) in [4.78, 5) is 13.8. The zero-order valence-corrected chi connectivity index (χ0v) is 10.8. The monoisotopic (exact) mass is 248 g/mol. The van der Waals surface area contributed by atoms with E-state index in [0.29, 0.717) is 6.04 Å². The minimum Gasteiger partial charge on any atom is -0.484 e. The van der Waals surface area contributed by atoms with Crippen LogP contribution in [0.4, 0.5) is 0 Å². The van der Waals surface area contributed by atoms with Crippen LogP contribution < -0.4 is 10.1 Å². The number of para-hydroxylation sites is 1. The number of ether oxygens (including phenoxy) is 1. The fraction of sp³-hybridized carbons (Fsp3) is 0.500. The molecule has 0 spiro atoms. The van der Waals surface area contributed by atoms with Crippen molar-refractivity contribution < 1.29 is 9.53 Å². The van der Waals surface area contributed by atoms with Gasteiger partial charge in [-0.25, -0.2) is 0 Å². The van der Waals surface area contributed by atoms with Gasteiger partial charge in [0.25, 0.3) is 5.91 Å². The van der Waals surface area contributed by atoms with E-state index in [1.54, 1.807) is 4.90 Å². The number of hydrogen-bond donors (Lipinski definition) is 1. The Morgan fingerprint density at radius 3 is 2.89 bits per heavy atom. The molecule has 1 amide bonds. The Morgan fingerprint density at radius 2 is 2.22 bits per heavy atom. The van der Waals surface area contributed by atoms with Crippen LogP contribution in [0.25, 0.3) is 0 Å². The topological polar surface area (TPSA) is 41.6 Å². The first-order valence-corrected chi connectivity index (χ1v) is 6.41. The molecule has 2 rings (SSSR count). The zero-order valence-electron chi connectivity index (χ0n) is 10.8. The highest BCUT2D eigenvalue weighted by atomic mass is 16.5.